The molecule has 0 aromatic heterocycles. The van der Waals surface area contributed by atoms with Gasteiger partial charge in [-0.2, -0.15) is 0 Å². The van der Waals surface area contributed by atoms with Crippen LogP contribution >= 0.6 is 0 Å². The number of benzene rings is 1. The van der Waals surface area contributed by atoms with Gasteiger partial charge in [-0.3, -0.25) is 9.59 Å². The van der Waals surface area contributed by atoms with E-state index in [4.69, 9.17) is 19.4 Å². The van der Waals surface area contributed by atoms with Crippen LogP contribution in [-0.2, 0) is 25.5 Å². The number of carbonyl (C=O) groups is 2. The van der Waals surface area contributed by atoms with E-state index < -0.39 is 18.4 Å². The van der Waals surface area contributed by atoms with Gasteiger partial charge in [0.15, 0.2) is 6.29 Å². The van der Waals surface area contributed by atoms with Crippen LogP contribution in [0.25, 0.3) is 0 Å². The first kappa shape index (κ1) is 18.4. The topological polar surface area (TPSA) is 94.1 Å². The van der Waals surface area contributed by atoms with Crippen molar-refractivity contribution in [2.75, 3.05) is 13.7 Å². The largest absolute Gasteiger partial charge is 0.481 e. The molecule has 1 aliphatic heterocycles. The SMILES string of the molecule is COC(CC(=O)O)Cc1ccccc1C(=O)NOC1CCCCO1. The van der Waals surface area contributed by atoms with Crippen LogP contribution < -0.4 is 5.48 Å². The lowest BCUT2D eigenvalue weighted by molar-refractivity contribution is -0.186. The van der Waals surface area contributed by atoms with E-state index in [1.165, 1.54) is 7.11 Å². The lowest BCUT2D eigenvalue weighted by atomic mass is 9.99. The molecule has 0 aliphatic carbocycles. The summed E-state index contributed by atoms with van der Waals surface area (Å²) in [5.74, 6) is -1.33. The third-order valence-electron chi connectivity index (χ3n) is 3.87. The summed E-state index contributed by atoms with van der Waals surface area (Å²) in [6, 6.07) is 6.99. The standard InChI is InChI=1S/C17H23NO6/c1-22-13(11-15(19)20)10-12-6-2-3-7-14(12)17(21)18-24-16-8-4-5-9-23-16/h2-3,6-7,13,16H,4-5,8-11H2,1H3,(H,18,21)(H,19,20). The average Bonchev–Trinajstić information content (AvgIpc) is 2.60. The van der Waals surface area contributed by atoms with Crippen molar-refractivity contribution in [3.8, 4) is 0 Å². The van der Waals surface area contributed by atoms with Gasteiger partial charge in [0.05, 0.1) is 12.5 Å². The fourth-order valence-corrected chi connectivity index (χ4v) is 2.58. The predicted octanol–water partition coefficient (Wildman–Crippen LogP) is 1.91. The Morgan fingerprint density at radius 2 is 2.17 bits per heavy atom. The zero-order chi connectivity index (χ0) is 17.4. The Hall–Kier alpha value is -1.96. The number of carboxylic acids is 1. The first-order chi connectivity index (χ1) is 11.6. The van der Waals surface area contributed by atoms with Gasteiger partial charge in [0, 0.05) is 25.7 Å². The van der Waals surface area contributed by atoms with E-state index in [0.29, 0.717) is 24.2 Å². The zero-order valence-electron chi connectivity index (χ0n) is 13.7. The first-order valence-electron chi connectivity index (χ1n) is 8.00. The molecule has 1 fully saturated rings. The molecule has 1 aliphatic rings. The molecule has 2 N–H and O–H groups in total. The molecule has 2 atom stereocenters. The second kappa shape index (κ2) is 9.36. The number of aliphatic carboxylic acids is 1. The number of rotatable bonds is 8. The van der Waals surface area contributed by atoms with Crippen LogP contribution in [0.2, 0.25) is 0 Å². The number of carbonyl (C=O) groups excluding carboxylic acids is 1. The van der Waals surface area contributed by atoms with Crippen LogP contribution in [0.1, 0.15) is 41.6 Å². The minimum absolute atomic E-state index is 0.126. The molecule has 132 valence electrons. The number of hydrogen-bond acceptors (Lipinski definition) is 5. The minimum atomic E-state index is -0.943. The highest BCUT2D eigenvalue weighted by Gasteiger charge is 2.20. The van der Waals surface area contributed by atoms with Gasteiger partial charge < -0.3 is 14.6 Å². The van der Waals surface area contributed by atoms with Crippen LogP contribution in [0.5, 0.6) is 0 Å². The van der Waals surface area contributed by atoms with Gasteiger partial charge >= 0.3 is 5.97 Å². The molecular weight excluding hydrogens is 314 g/mol. The maximum Gasteiger partial charge on any atom is 0.305 e. The molecule has 0 spiro atoms. The number of nitrogens with one attached hydrogen (secondary N) is 1. The summed E-state index contributed by atoms with van der Waals surface area (Å²) in [5.41, 5.74) is 3.56. The second-order valence-electron chi connectivity index (χ2n) is 5.66. The molecule has 2 unspecified atom stereocenters. The van der Waals surface area contributed by atoms with Crippen LogP contribution in [0.15, 0.2) is 24.3 Å². The normalized spacial score (nSPS) is 18.8. The maximum absolute atomic E-state index is 12.4. The number of ether oxygens (including phenoxy) is 2. The first-order valence-corrected chi connectivity index (χ1v) is 8.00. The molecule has 0 saturated carbocycles. The third-order valence-corrected chi connectivity index (χ3v) is 3.87. The van der Waals surface area contributed by atoms with Crippen molar-refractivity contribution >= 4 is 11.9 Å². The molecule has 0 bridgehead atoms. The quantitative estimate of drug-likeness (QED) is 0.704. The van der Waals surface area contributed by atoms with E-state index >= 15 is 0 Å². The Bertz CT molecular complexity index is 556. The highest BCUT2D eigenvalue weighted by Crippen LogP contribution is 2.16. The third kappa shape index (κ3) is 5.59. The Morgan fingerprint density at radius 3 is 2.83 bits per heavy atom. The van der Waals surface area contributed by atoms with Gasteiger partial charge in [-0.25, -0.2) is 10.3 Å². The molecule has 24 heavy (non-hydrogen) atoms. The van der Waals surface area contributed by atoms with E-state index in [0.717, 1.165) is 19.3 Å². The maximum atomic E-state index is 12.4. The highest BCUT2D eigenvalue weighted by molar-refractivity contribution is 5.95. The number of amides is 1. The number of hydrogen-bond donors (Lipinski definition) is 2. The Kier molecular flexibility index (Phi) is 7.17. The van der Waals surface area contributed by atoms with E-state index in [9.17, 15) is 9.59 Å². The van der Waals surface area contributed by atoms with Crippen LogP contribution in [0.3, 0.4) is 0 Å². The summed E-state index contributed by atoms with van der Waals surface area (Å²) >= 11 is 0. The van der Waals surface area contributed by atoms with Gasteiger partial charge in [-0.1, -0.05) is 18.2 Å². The van der Waals surface area contributed by atoms with Gasteiger partial charge in [-0.15, -0.1) is 0 Å². The Balaban J connectivity index is 1.98. The van der Waals surface area contributed by atoms with Crippen molar-refractivity contribution in [1.82, 2.24) is 5.48 Å². The van der Waals surface area contributed by atoms with Crippen LogP contribution in [0.4, 0.5) is 0 Å². The molecule has 1 amide bonds. The number of methoxy groups -OCH3 is 1. The van der Waals surface area contributed by atoms with Gasteiger partial charge in [-0.05, 0) is 30.9 Å². The van der Waals surface area contributed by atoms with Crippen LogP contribution in [0, 0.1) is 0 Å². The number of carboxylic acid groups (broad SMARTS) is 1. The molecule has 1 aromatic carbocycles. The fraction of sp³-hybridized carbons (Fsp3) is 0.529. The molecule has 2 rings (SSSR count). The summed E-state index contributed by atoms with van der Waals surface area (Å²) in [5, 5.41) is 8.91. The molecular formula is C17H23NO6. The molecule has 7 nitrogen and oxygen atoms in total. The lowest BCUT2D eigenvalue weighted by Gasteiger charge is -2.22. The summed E-state index contributed by atoms with van der Waals surface area (Å²) < 4.78 is 10.6. The minimum Gasteiger partial charge on any atom is -0.481 e. The molecule has 0 radical (unpaired) electrons. The fourth-order valence-electron chi connectivity index (χ4n) is 2.58. The molecule has 1 heterocycles. The zero-order valence-corrected chi connectivity index (χ0v) is 13.7. The van der Waals surface area contributed by atoms with Crippen molar-refractivity contribution in [2.24, 2.45) is 0 Å². The summed E-state index contributed by atoms with van der Waals surface area (Å²) in [7, 11) is 1.46. The van der Waals surface area contributed by atoms with Crippen molar-refractivity contribution in [3.05, 3.63) is 35.4 Å². The summed E-state index contributed by atoms with van der Waals surface area (Å²) in [6.45, 7) is 0.627. The predicted molar refractivity (Wildman–Crippen MR) is 85.3 cm³/mol. The molecule has 7 heteroatoms. The van der Waals surface area contributed by atoms with Crippen molar-refractivity contribution < 1.29 is 29.0 Å². The van der Waals surface area contributed by atoms with Crippen LogP contribution in [-0.4, -0.2) is 43.1 Å². The molecule has 1 aromatic rings. The van der Waals surface area contributed by atoms with E-state index in [2.05, 4.69) is 5.48 Å². The van der Waals surface area contributed by atoms with Gasteiger partial charge in [0.2, 0.25) is 0 Å². The number of hydroxylamine groups is 1. The molecule has 1 saturated heterocycles. The van der Waals surface area contributed by atoms with Gasteiger partial charge in [0.25, 0.3) is 5.91 Å². The van der Waals surface area contributed by atoms with E-state index in [1.54, 1.807) is 24.3 Å². The van der Waals surface area contributed by atoms with E-state index in [1.807, 2.05) is 0 Å². The van der Waals surface area contributed by atoms with Gasteiger partial charge in [0.1, 0.15) is 0 Å². The van der Waals surface area contributed by atoms with Crippen molar-refractivity contribution in [3.63, 3.8) is 0 Å². The Morgan fingerprint density at radius 1 is 1.38 bits per heavy atom. The lowest BCUT2D eigenvalue weighted by Crippen LogP contribution is -2.33. The highest BCUT2D eigenvalue weighted by atomic mass is 16.8. The average molecular weight is 337 g/mol. The summed E-state index contributed by atoms with van der Waals surface area (Å²) in [6.07, 6.45) is 2.02. The smallest absolute Gasteiger partial charge is 0.305 e. The van der Waals surface area contributed by atoms with Crippen molar-refractivity contribution in [1.29, 1.82) is 0 Å². The Labute approximate surface area is 140 Å². The summed E-state index contributed by atoms with van der Waals surface area (Å²) in [4.78, 5) is 28.5. The second-order valence-corrected chi connectivity index (χ2v) is 5.66. The van der Waals surface area contributed by atoms with Crippen molar-refractivity contribution in [2.45, 2.75) is 44.5 Å². The monoisotopic (exact) mass is 337 g/mol. The van der Waals surface area contributed by atoms with E-state index in [-0.39, 0.29) is 12.3 Å².